The van der Waals surface area contributed by atoms with E-state index in [1.54, 1.807) is 0 Å². The van der Waals surface area contributed by atoms with Crippen LogP contribution in [0.1, 0.15) is 22.3 Å². The van der Waals surface area contributed by atoms with Crippen LogP contribution < -0.4 is 4.90 Å². The summed E-state index contributed by atoms with van der Waals surface area (Å²) in [5, 5.41) is 10.8. The van der Waals surface area contributed by atoms with Crippen LogP contribution in [0.5, 0.6) is 0 Å². The van der Waals surface area contributed by atoms with Crippen molar-refractivity contribution in [3.05, 3.63) is 62.2 Å². The molecule has 0 aromatic heterocycles. The molecule has 2 aromatic rings. The summed E-state index contributed by atoms with van der Waals surface area (Å²) < 4.78 is 1.34. The fourth-order valence-corrected chi connectivity index (χ4v) is 5.23. The van der Waals surface area contributed by atoms with E-state index in [9.17, 15) is 5.11 Å². The number of hydrogen-bond donors (Lipinski definition) is 1. The highest BCUT2D eigenvalue weighted by atomic mass is 127. The van der Waals surface area contributed by atoms with E-state index in [1.807, 2.05) is 0 Å². The monoisotopic (exact) mass is 462 g/mol. The van der Waals surface area contributed by atoms with Crippen molar-refractivity contribution in [1.82, 2.24) is 4.90 Å². The van der Waals surface area contributed by atoms with Crippen LogP contribution in [0.25, 0.3) is 0 Å². The molecule has 4 heteroatoms. The fourth-order valence-electron chi connectivity index (χ4n) is 4.46. The lowest BCUT2D eigenvalue weighted by Crippen LogP contribution is -2.56. The first-order chi connectivity index (χ1) is 12.5. The maximum absolute atomic E-state index is 10.8. The van der Waals surface area contributed by atoms with Crippen molar-refractivity contribution >= 4 is 28.3 Å². The summed E-state index contributed by atoms with van der Waals surface area (Å²) in [6, 6.07) is 13.4. The van der Waals surface area contributed by atoms with E-state index in [0.717, 1.165) is 39.0 Å². The van der Waals surface area contributed by atoms with Crippen molar-refractivity contribution in [1.29, 1.82) is 0 Å². The van der Waals surface area contributed by atoms with Gasteiger partial charge in [-0.1, -0.05) is 24.3 Å². The smallest absolute Gasteiger partial charge is 0.0739 e. The van der Waals surface area contributed by atoms with Crippen LogP contribution in [-0.2, 0) is 12.8 Å². The molecule has 2 aromatic carbocycles. The molecule has 26 heavy (non-hydrogen) atoms. The number of aliphatic hydroxyl groups is 1. The van der Waals surface area contributed by atoms with Crippen LogP contribution >= 0.6 is 22.6 Å². The highest BCUT2D eigenvalue weighted by molar-refractivity contribution is 14.1. The van der Waals surface area contributed by atoms with Gasteiger partial charge in [-0.15, -0.1) is 0 Å². The molecule has 0 unspecified atom stereocenters. The van der Waals surface area contributed by atoms with Gasteiger partial charge in [0, 0.05) is 47.9 Å². The molecule has 1 N–H and O–H groups in total. The second-order valence-corrected chi connectivity index (χ2v) is 8.90. The molecule has 1 aliphatic heterocycles. The van der Waals surface area contributed by atoms with Crippen LogP contribution in [0.4, 0.5) is 5.69 Å². The first-order valence-corrected chi connectivity index (χ1v) is 10.6. The molecule has 2 atom stereocenters. The highest BCUT2D eigenvalue weighted by Crippen LogP contribution is 2.30. The zero-order valence-electron chi connectivity index (χ0n) is 15.6. The zero-order valence-corrected chi connectivity index (χ0v) is 17.7. The van der Waals surface area contributed by atoms with Gasteiger partial charge < -0.3 is 10.0 Å². The Hall–Kier alpha value is -1.11. The molecule has 0 amide bonds. The lowest BCUT2D eigenvalue weighted by Gasteiger charge is -2.44. The first-order valence-electron chi connectivity index (χ1n) is 9.53. The van der Waals surface area contributed by atoms with Gasteiger partial charge in [0.25, 0.3) is 0 Å². The van der Waals surface area contributed by atoms with Gasteiger partial charge in [-0.3, -0.25) is 4.90 Å². The van der Waals surface area contributed by atoms with Crippen molar-refractivity contribution in [2.45, 2.75) is 38.8 Å². The molecule has 1 heterocycles. The molecule has 2 aliphatic rings. The summed E-state index contributed by atoms with van der Waals surface area (Å²) in [4.78, 5) is 5.02. The Labute approximate surface area is 170 Å². The molecule has 138 valence electrons. The topological polar surface area (TPSA) is 26.7 Å². The maximum atomic E-state index is 10.8. The Morgan fingerprint density at radius 3 is 2.54 bits per heavy atom. The Morgan fingerprint density at radius 2 is 1.77 bits per heavy atom. The normalized spacial score (nSPS) is 23.8. The minimum atomic E-state index is -0.257. The SMILES string of the molecule is Cc1ccc(C)c(N2CCN([C@@H]3Cc4c(I)cccc4C[C@H]3O)CC2)c1. The number of fused-ring (bicyclic) bond motifs is 1. The summed E-state index contributed by atoms with van der Waals surface area (Å²) in [5.41, 5.74) is 6.82. The van der Waals surface area contributed by atoms with E-state index >= 15 is 0 Å². The number of anilines is 1. The predicted octanol–water partition coefficient (Wildman–Crippen LogP) is 3.56. The van der Waals surface area contributed by atoms with E-state index in [2.05, 4.69) is 82.6 Å². The van der Waals surface area contributed by atoms with Gasteiger partial charge in [0.05, 0.1) is 6.10 Å². The van der Waals surface area contributed by atoms with Gasteiger partial charge in [0.1, 0.15) is 0 Å². The van der Waals surface area contributed by atoms with Gasteiger partial charge in [0.2, 0.25) is 0 Å². The van der Waals surface area contributed by atoms with E-state index < -0.39 is 0 Å². The summed E-state index contributed by atoms with van der Waals surface area (Å²) in [5.74, 6) is 0. The molecule has 0 spiro atoms. The Bertz CT molecular complexity index is 799. The van der Waals surface area contributed by atoms with Crippen molar-refractivity contribution < 1.29 is 5.11 Å². The van der Waals surface area contributed by atoms with Crippen molar-refractivity contribution in [2.24, 2.45) is 0 Å². The molecule has 1 aliphatic carbocycles. The Kier molecular flexibility index (Phi) is 5.26. The quantitative estimate of drug-likeness (QED) is 0.692. The second kappa shape index (κ2) is 7.49. The number of aryl methyl sites for hydroxylation is 2. The summed E-state index contributed by atoms with van der Waals surface area (Å²) in [7, 11) is 0. The van der Waals surface area contributed by atoms with Crippen molar-refractivity contribution in [3.8, 4) is 0 Å². The van der Waals surface area contributed by atoms with Gasteiger partial charge >= 0.3 is 0 Å². The molecule has 3 nitrogen and oxygen atoms in total. The third kappa shape index (κ3) is 3.51. The fraction of sp³-hybridized carbons (Fsp3) is 0.455. The Morgan fingerprint density at radius 1 is 1.00 bits per heavy atom. The van der Waals surface area contributed by atoms with E-state index in [1.165, 1.54) is 31.5 Å². The van der Waals surface area contributed by atoms with E-state index in [-0.39, 0.29) is 12.1 Å². The number of hydrogen-bond acceptors (Lipinski definition) is 3. The number of aliphatic hydroxyl groups excluding tert-OH is 1. The molecule has 0 bridgehead atoms. The van der Waals surface area contributed by atoms with Crippen molar-refractivity contribution in [2.75, 3.05) is 31.1 Å². The molecule has 0 radical (unpaired) electrons. The number of rotatable bonds is 2. The standard InChI is InChI=1S/C22H27IN2O/c1-15-6-7-16(2)20(12-15)24-8-10-25(11-9-24)21-14-18-17(13-22(21)26)4-3-5-19(18)23/h3-7,12,21-22,26H,8-11,13-14H2,1-2H3/t21-,22-/m1/s1. The number of piperazine rings is 1. The number of nitrogens with zero attached hydrogens (tertiary/aromatic N) is 2. The second-order valence-electron chi connectivity index (χ2n) is 7.73. The van der Waals surface area contributed by atoms with E-state index in [4.69, 9.17) is 0 Å². The van der Waals surface area contributed by atoms with Crippen molar-refractivity contribution in [3.63, 3.8) is 0 Å². The van der Waals surface area contributed by atoms with Crippen LogP contribution in [0, 0.1) is 17.4 Å². The third-order valence-corrected chi connectivity index (χ3v) is 7.00. The minimum Gasteiger partial charge on any atom is -0.391 e. The van der Waals surface area contributed by atoms with E-state index in [0.29, 0.717) is 0 Å². The predicted molar refractivity (Wildman–Crippen MR) is 116 cm³/mol. The minimum absolute atomic E-state index is 0.249. The molecular weight excluding hydrogens is 435 g/mol. The number of halogens is 1. The average Bonchev–Trinajstić information content (AvgIpc) is 2.64. The van der Waals surface area contributed by atoms with Gasteiger partial charge in [-0.25, -0.2) is 0 Å². The number of benzene rings is 2. The lowest BCUT2D eigenvalue weighted by atomic mass is 9.85. The first kappa shape index (κ1) is 18.3. The van der Waals surface area contributed by atoms with Gasteiger partial charge in [0.15, 0.2) is 0 Å². The molecular formula is C22H27IN2O. The Balaban J connectivity index is 1.46. The third-order valence-electron chi connectivity index (χ3n) is 5.99. The molecule has 1 fully saturated rings. The van der Waals surface area contributed by atoms with Gasteiger partial charge in [-0.2, -0.15) is 0 Å². The summed E-state index contributed by atoms with van der Waals surface area (Å²) in [6.07, 6.45) is 1.50. The molecule has 4 rings (SSSR count). The largest absolute Gasteiger partial charge is 0.391 e. The van der Waals surface area contributed by atoms with Gasteiger partial charge in [-0.05, 0) is 77.2 Å². The molecule has 1 saturated heterocycles. The summed E-state index contributed by atoms with van der Waals surface area (Å²) >= 11 is 2.44. The zero-order chi connectivity index (χ0) is 18.3. The highest BCUT2D eigenvalue weighted by Gasteiger charge is 2.34. The summed E-state index contributed by atoms with van der Waals surface area (Å²) in [6.45, 7) is 8.47. The van der Waals surface area contributed by atoms with Crippen LogP contribution in [0.3, 0.4) is 0 Å². The maximum Gasteiger partial charge on any atom is 0.0739 e. The van der Waals surface area contributed by atoms with Crippen LogP contribution in [0.2, 0.25) is 0 Å². The van der Waals surface area contributed by atoms with Crippen LogP contribution in [-0.4, -0.2) is 48.3 Å². The average molecular weight is 462 g/mol. The molecule has 0 saturated carbocycles. The van der Waals surface area contributed by atoms with Crippen LogP contribution in [0.15, 0.2) is 36.4 Å². The lowest BCUT2D eigenvalue weighted by molar-refractivity contribution is 0.0393.